The number of carbonyl (C=O) groups is 1. The second kappa shape index (κ2) is 6.71. The molecule has 8 nitrogen and oxygen atoms in total. The summed E-state index contributed by atoms with van der Waals surface area (Å²) in [5, 5.41) is 2.99. The zero-order valence-electron chi connectivity index (χ0n) is 11.3. The Morgan fingerprint density at radius 2 is 1.86 bits per heavy atom. The standard InChI is InChI=1S/C12H12FN3O5S/c13-22(18,19)21-10-3-1-9(2-4-10)11(15-14)12(17)16-5-7-20-8-6-16/h1-4H,5-8H2. The van der Waals surface area contributed by atoms with Gasteiger partial charge < -0.3 is 20.3 Å². The van der Waals surface area contributed by atoms with Crippen molar-refractivity contribution in [3.05, 3.63) is 41.1 Å². The van der Waals surface area contributed by atoms with E-state index in [9.17, 15) is 17.1 Å². The SMILES string of the molecule is [N-]=NC(C(=O)N1CCOCC1)=C1C=CC(=[O+]S(=O)(=O)F)C=C1. The molecule has 1 saturated heterocycles. The molecule has 0 bridgehead atoms. The highest BCUT2D eigenvalue weighted by Gasteiger charge is 2.25. The van der Waals surface area contributed by atoms with Crippen LogP contribution in [0.3, 0.4) is 0 Å². The van der Waals surface area contributed by atoms with Gasteiger partial charge in [-0.05, 0) is 16.0 Å². The predicted octanol–water partition coefficient (Wildman–Crippen LogP) is 0.566. The minimum Gasteiger partial charge on any atom is -0.706 e. The molecule has 0 spiro atoms. The Kier molecular flexibility index (Phi) is 4.93. The molecule has 0 atom stereocenters. The number of hydrogen-bond donors (Lipinski definition) is 0. The van der Waals surface area contributed by atoms with E-state index >= 15 is 0 Å². The molecule has 1 heterocycles. The van der Waals surface area contributed by atoms with Crippen LogP contribution in [0.5, 0.6) is 0 Å². The molecular formula is C12H12FN3O5S. The largest absolute Gasteiger partial charge is 0.706 e. The van der Waals surface area contributed by atoms with Crippen molar-refractivity contribution in [3.63, 3.8) is 0 Å². The summed E-state index contributed by atoms with van der Waals surface area (Å²) >= 11 is 0. The van der Waals surface area contributed by atoms with E-state index in [-0.39, 0.29) is 17.1 Å². The third kappa shape index (κ3) is 4.15. The first-order chi connectivity index (χ1) is 10.4. The maximum Gasteiger partial charge on any atom is 0.700 e. The van der Waals surface area contributed by atoms with Gasteiger partial charge in [-0.15, -0.1) is 8.42 Å². The topological polar surface area (TPSA) is 110 Å². The van der Waals surface area contributed by atoms with Gasteiger partial charge in [0, 0.05) is 30.8 Å². The van der Waals surface area contributed by atoms with E-state index in [0.717, 1.165) is 12.2 Å². The lowest BCUT2D eigenvalue weighted by Gasteiger charge is -2.27. The van der Waals surface area contributed by atoms with Crippen LogP contribution in [0.15, 0.2) is 40.7 Å². The molecule has 1 aliphatic heterocycles. The Hall–Kier alpha value is -2.20. The maximum atomic E-state index is 12.4. The molecule has 0 aromatic rings. The monoisotopic (exact) mass is 329 g/mol. The van der Waals surface area contributed by atoms with Crippen molar-refractivity contribution in [1.29, 1.82) is 0 Å². The molecule has 10 heteroatoms. The maximum absolute atomic E-state index is 12.4. The first-order valence-electron chi connectivity index (χ1n) is 6.24. The van der Waals surface area contributed by atoms with Gasteiger partial charge in [0.15, 0.2) is 0 Å². The molecule has 1 aliphatic carbocycles. The Balaban J connectivity index is 2.24. The van der Waals surface area contributed by atoms with Crippen LogP contribution in [-0.2, 0) is 23.9 Å². The third-order valence-electron chi connectivity index (χ3n) is 2.92. The lowest BCUT2D eigenvalue weighted by molar-refractivity contribution is -0.273. The summed E-state index contributed by atoms with van der Waals surface area (Å²) in [5.41, 5.74) is 9.09. The normalized spacial score (nSPS) is 18.3. The first-order valence-corrected chi connectivity index (χ1v) is 7.55. The highest BCUT2D eigenvalue weighted by atomic mass is 32.3. The van der Waals surface area contributed by atoms with Crippen molar-refractivity contribution in [1.82, 2.24) is 4.90 Å². The molecule has 2 rings (SSSR count). The first kappa shape index (κ1) is 16.2. The smallest absolute Gasteiger partial charge is 0.700 e. The summed E-state index contributed by atoms with van der Waals surface area (Å²) in [6.45, 7) is 1.54. The summed E-state index contributed by atoms with van der Waals surface area (Å²) in [6, 6.07) is 0. The second-order valence-corrected chi connectivity index (χ2v) is 5.31. The van der Waals surface area contributed by atoms with Gasteiger partial charge in [-0.3, -0.25) is 4.79 Å². The van der Waals surface area contributed by atoms with Crippen LogP contribution >= 0.6 is 0 Å². The number of nitrogens with zero attached hydrogens (tertiary/aromatic N) is 3. The molecule has 2 aliphatic rings. The summed E-state index contributed by atoms with van der Waals surface area (Å²) < 4.78 is 42.3. The van der Waals surface area contributed by atoms with Crippen molar-refractivity contribution in [2.45, 2.75) is 0 Å². The van der Waals surface area contributed by atoms with Gasteiger partial charge in [0.1, 0.15) is 5.70 Å². The van der Waals surface area contributed by atoms with Crippen LogP contribution in [-0.4, -0.2) is 51.3 Å². The summed E-state index contributed by atoms with van der Waals surface area (Å²) in [4.78, 5) is 13.7. The van der Waals surface area contributed by atoms with Crippen molar-refractivity contribution in [2.75, 3.05) is 26.3 Å². The summed E-state index contributed by atoms with van der Waals surface area (Å²) in [5.74, 6) is -0.750. The van der Waals surface area contributed by atoms with E-state index in [1.807, 2.05) is 0 Å². The number of allylic oxidation sites excluding steroid dienone is 5. The lowest BCUT2D eigenvalue weighted by Crippen LogP contribution is -2.41. The van der Waals surface area contributed by atoms with E-state index in [2.05, 4.69) is 8.99 Å². The number of amides is 1. The van der Waals surface area contributed by atoms with Crippen molar-refractivity contribution < 1.29 is 25.7 Å². The zero-order valence-corrected chi connectivity index (χ0v) is 12.1. The second-order valence-electron chi connectivity index (χ2n) is 4.35. The Morgan fingerprint density at radius 1 is 1.27 bits per heavy atom. The Morgan fingerprint density at radius 3 is 2.36 bits per heavy atom. The zero-order chi connectivity index (χ0) is 16.2. The average molecular weight is 329 g/mol. The fourth-order valence-corrected chi connectivity index (χ4v) is 2.26. The van der Waals surface area contributed by atoms with E-state index in [4.69, 9.17) is 10.3 Å². The average Bonchev–Trinajstić information content (AvgIpc) is 2.49. The third-order valence-corrected chi connectivity index (χ3v) is 3.32. The summed E-state index contributed by atoms with van der Waals surface area (Å²) in [6.07, 6.45) is 4.86. The molecule has 0 unspecified atom stereocenters. The molecule has 0 radical (unpaired) electrons. The number of halogens is 1. The van der Waals surface area contributed by atoms with Gasteiger partial charge in [-0.2, -0.15) is 0 Å². The van der Waals surface area contributed by atoms with E-state index in [1.54, 1.807) is 0 Å². The molecule has 0 N–H and O–H groups in total. The van der Waals surface area contributed by atoms with Crippen LogP contribution in [0, 0.1) is 0 Å². The lowest BCUT2D eigenvalue weighted by atomic mass is 10.1. The molecule has 0 aromatic carbocycles. The van der Waals surface area contributed by atoms with Crippen LogP contribution in [0.25, 0.3) is 5.53 Å². The van der Waals surface area contributed by atoms with Gasteiger partial charge in [0.2, 0.25) is 0 Å². The van der Waals surface area contributed by atoms with Crippen LogP contribution in [0.2, 0.25) is 0 Å². The van der Waals surface area contributed by atoms with E-state index < -0.39 is 16.4 Å². The highest BCUT2D eigenvalue weighted by Crippen LogP contribution is 2.17. The van der Waals surface area contributed by atoms with E-state index in [0.29, 0.717) is 26.3 Å². The predicted molar refractivity (Wildman–Crippen MR) is 73.5 cm³/mol. The molecular weight excluding hydrogens is 317 g/mol. The van der Waals surface area contributed by atoms with Gasteiger partial charge >= 0.3 is 16.3 Å². The van der Waals surface area contributed by atoms with Crippen molar-refractivity contribution in [2.24, 2.45) is 5.11 Å². The number of ether oxygens (including phenoxy) is 1. The van der Waals surface area contributed by atoms with Crippen LogP contribution in [0.1, 0.15) is 0 Å². The van der Waals surface area contributed by atoms with Gasteiger partial charge in [0.05, 0.1) is 13.2 Å². The Bertz CT molecular complexity index is 684. The van der Waals surface area contributed by atoms with Gasteiger partial charge in [0.25, 0.3) is 5.91 Å². The fourth-order valence-electron chi connectivity index (χ4n) is 1.92. The number of ketones is 1. The van der Waals surface area contributed by atoms with Gasteiger partial charge in [-0.25, -0.2) is 0 Å². The van der Waals surface area contributed by atoms with Crippen LogP contribution < -0.4 is 0 Å². The highest BCUT2D eigenvalue weighted by molar-refractivity contribution is 7.79. The van der Waals surface area contributed by atoms with E-state index in [1.165, 1.54) is 17.1 Å². The molecule has 1 amide bonds. The van der Waals surface area contributed by atoms with Gasteiger partial charge in [-0.1, -0.05) is 3.87 Å². The Labute approximate surface area is 126 Å². The number of carbonyl (C=O) groups excluding carboxylic acids is 2. The number of rotatable bonds is 3. The van der Waals surface area contributed by atoms with Crippen molar-refractivity contribution in [3.8, 4) is 0 Å². The molecule has 1 fully saturated rings. The molecule has 0 aromatic heterocycles. The van der Waals surface area contributed by atoms with Crippen LogP contribution in [0.4, 0.5) is 3.89 Å². The minimum absolute atomic E-state index is 0.212. The minimum atomic E-state index is -5.12. The summed E-state index contributed by atoms with van der Waals surface area (Å²) in [7, 11) is -5.12. The molecule has 0 saturated carbocycles. The number of hydrogen-bond acceptors (Lipinski definition) is 5. The fraction of sp³-hybridized carbons (Fsp3) is 0.333. The quantitative estimate of drug-likeness (QED) is 0.326. The van der Waals surface area contributed by atoms with Crippen molar-refractivity contribution >= 4 is 22.2 Å². The number of morpholine rings is 1. The molecule has 118 valence electrons. The molecule has 22 heavy (non-hydrogen) atoms.